The van der Waals surface area contributed by atoms with Crippen LogP contribution >= 0.6 is 0 Å². The summed E-state index contributed by atoms with van der Waals surface area (Å²) >= 11 is 0. The van der Waals surface area contributed by atoms with Crippen molar-refractivity contribution in [2.24, 2.45) is 5.73 Å². The molecule has 0 aliphatic carbocycles. The van der Waals surface area contributed by atoms with E-state index < -0.39 is 5.91 Å². The van der Waals surface area contributed by atoms with Crippen LogP contribution in [0.3, 0.4) is 0 Å². The first-order chi connectivity index (χ1) is 10.7. The van der Waals surface area contributed by atoms with E-state index in [1.54, 1.807) is 12.1 Å². The lowest BCUT2D eigenvalue weighted by molar-refractivity contribution is -0.119. The van der Waals surface area contributed by atoms with E-state index >= 15 is 0 Å². The average Bonchev–Trinajstić information content (AvgIpc) is 2.96. The zero-order chi connectivity index (χ0) is 15.5. The Bertz CT molecular complexity index is 806. The molecule has 0 radical (unpaired) electrons. The van der Waals surface area contributed by atoms with Crippen LogP contribution in [0.25, 0.3) is 22.6 Å². The van der Waals surface area contributed by atoms with Crippen LogP contribution in [0.4, 0.5) is 0 Å². The number of hydrogen-bond acceptors (Lipinski definition) is 4. The number of hydrogen-bond donors (Lipinski definition) is 1. The summed E-state index contributed by atoms with van der Waals surface area (Å²) in [7, 11) is 0. The molecule has 112 valence electrons. The number of ether oxygens (including phenoxy) is 1. The van der Waals surface area contributed by atoms with Gasteiger partial charge in [0, 0.05) is 5.56 Å². The van der Waals surface area contributed by atoms with Gasteiger partial charge in [0.05, 0.1) is 0 Å². The highest BCUT2D eigenvalue weighted by Crippen LogP contribution is 2.26. The molecule has 0 unspecified atom stereocenters. The van der Waals surface area contributed by atoms with Crippen LogP contribution in [0.1, 0.15) is 12.5 Å². The van der Waals surface area contributed by atoms with Gasteiger partial charge in [-0.2, -0.15) is 0 Å². The summed E-state index contributed by atoms with van der Waals surface area (Å²) in [6.45, 7) is 1.97. The lowest BCUT2D eigenvalue weighted by atomic mass is 10.1. The van der Waals surface area contributed by atoms with Crippen molar-refractivity contribution < 1.29 is 13.9 Å². The smallest absolute Gasteiger partial charge is 0.255 e. The van der Waals surface area contributed by atoms with Crippen LogP contribution < -0.4 is 10.5 Å². The van der Waals surface area contributed by atoms with Crippen molar-refractivity contribution in [2.75, 3.05) is 6.61 Å². The maximum Gasteiger partial charge on any atom is 0.255 e. The molecule has 1 amide bonds. The molecular weight excluding hydrogens is 280 g/mol. The molecule has 3 aromatic rings. The first-order valence-corrected chi connectivity index (χ1v) is 7.06. The second-order valence-corrected chi connectivity index (χ2v) is 4.95. The van der Waals surface area contributed by atoms with Crippen LogP contribution in [0.5, 0.6) is 5.75 Å². The number of aryl methyl sites for hydroxylation is 1. The molecule has 1 aromatic heterocycles. The van der Waals surface area contributed by atoms with Gasteiger partial charge in [-0.15, -0.1) is 0 Å². The number of benzene rings is 2. The summed E-state index contributed by atoms with van der Waals surface area (Å²) < 4.78 is 11.0. The monoisotopic (exact) mass is 296 g/mol. The second-order valence-electron chi connectivity index (χ2n) is 4.95. The predicted molar refractivity (Wildman–Crippen MR) is 83.5 cm³/mol. The van der Waals surface area contributed by atoms with E-state index in [-0.39, 0.29) is 6.61 Å². The van der Waals surface area contributed by atoms with E-state index in [1.165, 1.54) is 5.56 Å². The van der Waals surface area contributed by atoms with Gasteiger partial charge in [-0.1, -0.05) is 13.0 Å². The molecule has 0 bridgehead atoms. The van der Waals surface area contributed by atoms with Crippen molar-refractivity contribution in [3.63, 3.8) is 0 Å². The van der Waals surface area contributed by atoms with Crippen molar-refractivity contribution in [2.45, 2.75) is 13.3 Å². The molecule has 0 saturated carbocycles. The molecule has 0 saturated heterocycles. The number of amides is 1. The Morgan fingerprint density at radius 2 is 2.00 bits per heavy atom. The molecule has 0 spiro atoms. The summed E-state index contributed by atoms with van der Waals surface area (Å²) in [6.07, 6.45) is 0.962. The van der Waals surface area contributed by atoms with Crippen LogP contribution in [-0.4, -0.2) is 17.5 Å². The minimum absolute atomic E-state index is 0.137. The molecule has 2 aromatic carbocycles. The number of nitrogens with two attached hydrogens (primary N) is 1. The zero-order valence-electron chi connectivity index (χ0n) is 12.2. The predicted octanol–water partition coefficient (Wildman–Crippen LogP) is 2.92. The zero-order valence-corrected chi connectivity index (χ0v) is 12.2. The summed E-state index contributed by atoms with van der Waals surface area (Å²) in [5, 5.41) is 0. The topological polar surface area (TPSA) is 78.4 Å². The van der Waals surface area contributed by atoms with E-state index in [2.05, 4.69) is 11.9 Å². The highest BCUT2D eigenvalue weighted by molar-refractivity contribution is 5.77. The Morgan fingerprint density at radius 1 is 1.23 bits per heavy atom. The fourth-order valence-corrected chi connectivity index (χ4v) is 2.16. The van der Waals surface area contributed by atoms with Gasteiger partial charge in [-0.05, 0) is 48.4 Å². The van der Waals surface area contributed by atoms with Crippen LogP contribution in [0.2, 0.25) is 0 Å². The van der Waals surface area contributed by atoms with Crippen LogP contribution in [0.15, 0.2) is 46.9 Å². The van der Waals surface area contributed by atoms with Crippen molar-refractivity contribution in [3.05, 3.63) is 48.0 Å². The summed E-state index contributed by atoms with van der Waals surface area (Å²) in [4.78, 5) is 15.2. The molecule has 0 atom stereocenters. The van der Waals surface area contributed by atoms with Gasteiger partial charge < -0.3 is 14.9 Å². The van der Waals surface area contributed by atoms with Gasteiger partial charge in [0.15, 0.2) is 12.2 Å². The Labute approximate surface area is 127 Å². The lowest BCUT2D eigenvalue weighted by Crippen LogP contribution is -2.19. The molecule has 22 heavy (non-hydrogen) atoms. The first kappa shape index (κ1) is 14.1. The quantitative estimate of drug-likeness (QED) is 0.785. The van der Waals surface area contributed by atoms with E-state index in [1.807, 2.05) is 30.3 Å². The molecule has 0 aliphatic rings. The number of nitrogens with zero attached hydrogens (tertiary/aromatic N) is 1. The third-order valence-electron chi connectivity index (χ3n) is 3.34. The third kappa shape index (κ3) is 2.93. The molecule has 0 aliphatic heterocycles. The molecule has 0 fully saturated rings. The van der Waals surface area contributed by atoms with E-state index in [0.29, 0.717) is 11.6 Å². The molecule has 5 nitrogen and oxygen atoms in total. The highest BCUT2D eigenvalue weighted by atomic mass is 16.5. The van der Waals surface area contributed by atoms with Crippen LogP contribution in [-0.2, 0) is 11.2 Å². The van der Waals surface area contributed by atoms with Gasteiger partial charge in [-0.25, -0.2) is 4.98 Å². The van der Waals surface area contributed by atoms with Gasteiger partial charge in [0.25, 0.3) is 5.91 Å². The number of fused-ring (bicyclic) bond motifs is 1. The van der Waals surface area contributed by atoms with Crippen molar-refractivity contribution >= 4 is 17.0 Å². The fraction of sp³-hybridized carbons (Fsp3) is 0.176. The molecule has 3 rings (SSSR count). The van der Waals surface area contributed by atoms with E-state index in [0.717, 1.165) is 23.1 Å². The Morgan fingerprint density at radius 3 is 2.68 bits per heavy atom. The minimum atomic E-state index is -0.505. The third-order valence-corrected chi connectivity index (χ3v) is 3.34. The summed E-state index contributed by atoms with van der Waals surface area (Å²) in [5.74, 6) is 0.631. The lowest BCUT2D eigenvalue weighted by Gasteiger charge is -2.03. The van der Waals surface area contributed by atoms with Crippen molar-refractivity contribution in [3.8, 4) is 17.2 Å². The average molecular weight is 296 g/mol. The van der Waals surface area contributed by atoms with Gasteiger partial charge >= 0.3 is 0 Å². The SMILES string of the molecule is CCc1ccc2oc(-c3ccc(OCC(N)=O)cc3)nc2c1. The number of primary amides is 1. The Hall–Kier alpha value is -2.82. The maximum absolute atomic E-state index is 10.7. The Kier molecular flexibility index (Phi) is 3.78. The number of oxazole rings is 1. The summed E-state index contributed by atoms with van der Waals surface area (Å²) in [5.41, 5.74) is 8.73. The molecule has 1 heterocycles. The molecule has 5 heteroatoms. The molecule has 2 N–H and O–H groups in total. The standard InChI is InChI=1S/C17H16N2O3/c1-2-11-3-8-15-14(9-11)19-17(22-15)12-4-6-13(7-5-12)21-10-16(18)20/h3-9H,2,10H2,1H3,(H2,18,20). The second kappa shape index (κ2) is 5.89. The Balaban J connectivity index is 1.85. The normalized spacial score (nSPS) is 10.8. The molecular formula is C17H16N2O3. The summed E-state index contributed by atoms with van der Waals surface area (Å²) in [6, 6.07) is 13.2. The van der Waals surface area contributed by atoms with E-state index in [4.69, 9.17) is 14.9 Å². The van der Waals surface area contributed by atoms with Gasteiger partial charge in [-0.3, -0.25) is 4.79 Å². The minimum Gasteiger partial charge on any atom is -0.484 e. The number of aromatic nitrogens is 1. The van der Waals surface area contributed by atoms with Gasteiger partial charge in [0.2, 0.25) is 5.89 Å². The highest BCUT2D eigenvalue weighted by Gasteiger charge is 2.09. The van der Waals surface area contributed by atoms with Crippen molar-refractivity contribution in [1.82, 2.24) is 4.98 Å². The number of rotatable bonds is 5. The van der Waals surface area contributed by atoms with E-state index in [9.17, 15) is 4.79 Å². The first-order valence-electron chi connectivity index (χ1n) is 7.06. The number of carbonyl (C=O) groups excluding carboxylic acids is 1. The largest absolute Gasteiger partial charge is 0.484 e. The maximum atomic E-state index is 10.7. The fourth-order valence-electron chi connectivity index (χ4n) is 2.16. The van der Waals surface area contributed by atoms with Crippen molar-refractivity contribution in [1.29, 1.82) is 0 Å². The number of carbonyl (C=O) groups is 1. The van der Waals surface area contributed by atoms with Gasteiger partial charge in [0.1, 0.15) is 11.3 Å². The van der Waals surface area contributed by atoms with Crippen LogP contribution in [0, 0.1) is 0 Å².